The topological polar surface area (TPSA) is 105 Å². The number of hydrogen-bond donors (Lipinski definition) is 2. The first-order chi connectivity index (χ1) is 15.9. The van der Waals surface area contributed by atoms with Gasteiger partial charge in [0.2, 0.25) is 11.8 Å². The van der Waals surface area contributed by atoms with Gasteiger partial charge in [0, 0.05) is 18.5 Å². The summed E-state index contributed by atoms with van der Waals surface area (Å²) in [5.41, 5.74) is 2.03. The van der Waals surface area contributed by atoms with Gasteiger partial charge in [-0.1, -0.05) is 30.3 Å². The van der Waals surface area contributed by atoms with Crippen LogP contribution in [0.5, 0.6) is 5.75 Å². The molecule has 1 saturated carbocycles. The Kier molecular flexibility index (Phi) is 5.36. The predicted octanol–water partition coefficient (Wildman–Crippen LogP) is 2.02. The third-order valence-corrected chi connectivity index (χ3v) is 6.78. The van der Waals surface area contributed by atoms with Crippen molar-refractivity contribution in [2.75, 3.05) is 6.61 Å². The van der Waals surface area contributed by atoms with Crippen LogP contribution in [0.2, 0.25) is 0 Å². The summed E-state index contributed by atoms with van der Waals surface area (Å²) in [7, 11) is 0. The molecule has 0 spiro atoms. The average molecular weight is 447 g/mol. The minimum Gasteiger partial charge on any atom is -0.484 e. The van der Waals surface area contributed by atoms with Crippen LogP contribution in [0.15, 0.2) is 48.5 Å². The highest BCUT2D eigenvalue weighted by Gasteiger charge is 2.40. The lowest BCUT2D eigenvalue weighted by molar-refractivity contribution is -0.137. The van der Waals surface area contributed by atoms with Gasteiger partial charge in [-0.05, 0) is 55.0 Å². The van der Waals surface area contributed by atoms with Crippen molar-refractivity contribution in [1.29, 1.82) is 0 Å². The molecule has 8 heteroatoms. The third-order valence-electron chi connectivity index (χ3n) is 6.78. The molecule has 0 bridgehead atoms. The number of amides is 4. The second-order valence-electron chi connectivity index (χ2n) is 8.86. The Hall–Kier alpha value is -3.68. The first-order valence-corrected chi connectivity index (χ1v) is 11.2. The van der Waals surface area contributed by atoms with E-state index in [2.05, 4.69) is 10.6 Å². The summed E-state index contributed by atoms with van der Waals surface area (Å²) in [5.74, 6) is -0.697. The van der Waals surface area contributed by atoms with E-state index in [0.717, 1.165) is 30.4 Å². The summed E-state index contributed by atoms with van der Waals surface area (Å²) < 4.78 is 5.73. The van der Waals surface area contributed by atoms with Crippen LogP contribution in [0.1, 0.15) is 53.6 Å². The maximum atomic E-state index is 12.8. The fraction of sp³-hybridized carbons (Fsp3) is 0.360. The number of imide groups is 1. The van der Waals surface area contributed by atoms with E-state index < -0.39 is 11.9 Å². The molecular formula is C25H25N3O5. The zero-order valence-electron chi connectivity index (χ0n) is 18.1. The van der Waals surface area contributed by atoms with Gasteiger partial charge in [0.1, 0.15) is 11.8 Å². The third kappa shape index (κ3) is 3.97. The van der Waals surface area contributed by atoms with Gasteiger partial charge in [-0.3, -0.25) is 24.5 Å². The zero-order chi connectivity index (χ0) is 23.0. The maximum absolute atomic E-state index is 12.8. The highest BCUT2D eigenvalue weighted by molar-refractivity contribution is 6.05. The van der Waals surface area contributed by atoms with Gasteiger partial charge in [0.05, 0.1) is 5.54 Å². The number of carbonyl (C=O) groups is 4. The lowest BCUT2D eigenvalue weighted by atomic mass is 9.72. The smallest absolute Gasteiger partial charge is 0.258 e. The number of piperidine rings is 1. The molecule has 8 nitrogen and oxygen atoms in total. The van der Waals surface area contributed by atoms with Crippen molar-refractivity contribution < 1.29 is 23.9 Å². The number of rotatable bonds is 6. The van der Waals surface area contributed by atoms with Gasteiger partial charge < -0.3 is 15.0 Å². The summed E-state index contributed by atoms with van der Waals surface area (Å²) in [6, 6.07) is 14.4. The van der Waals surface area contributed by atoms with E-state index in [1.165, 1.54) is 4.90 Å². The minimum atomic E-state index is -0.658. The Labute approximate surface area is 191 Å². The molecule has 5 rings (SSSR count). The van der Waals surface area contributed by atoms with Crippen LogP contribution in [0.4, 0.5) is 0 Å². The second kappa shape index (κ2) is 8.35. The SMILES string of the molecule is O=C1CCC(N2Cc3cc(OCC(=O)NC4(c5ccccc5)CCC4)ccc3C2=O)C(=O)N1. The molecule has 0 aromatic heterocycles. The maximum Gasteiger partial charge on any atom is 0.258 e. The molecule has 2 fully saturated rings. The number of nitrogens with zero attached hydrogens (tertiary/aromatic N) is 1. The Morgan fingerprint density at radius 1 is 1.12 bits per heavy atom. The van der Waals surface area contributed by atoms with Crippen LogP contribution in [-0.2, 0) is 26.5 Å². The number of ether oxygens (including phenoxy) is 1. The quantitative estimate of drug-likeness (QED) is 0.660. The van der Waals surface area contributed by atoms with Crippen molar-refractivity contribution >= 4 is 23.6 Å². The fourth-order valence-corrected chi connectivity index (χ4v) is 4.87. The van der Waals surface area contributed by atoms with Crippen molar-refractivity contribution in [1.82, 2.24) is 15.5 Å². The van der Waals surface area contributed by atoms with E-state index >= 15 is 0 Å². The van der Waals surface area contributed by atoms with Crippen LogP contribution in [0.25, 0.3) is 0 Å². The molecule has 2 aliphatic heterocycles. The molecule has 1 aliphatic carbocycles. The first-order valence-electron chi connectivity index (χ1n) is 11.2. The van der Waals surface area contributed by atoms with Crippen molar-refractivity contribution in [3.63, 3.8) is 0 Å². The molecule has 33 heavy (non-hydrogen) atoms. The van der Waals surface area contributed by atoms with E-state index in [1.807, 2.05) is 30.3 Å². The van der Waals surface area contributed by atoms with Crippen LogP contribution in [-0.4, -0.2) is 41.2 Å². The Morgan fingerprint density at radius 2 is 1.91 bits per heavy atom. The predicted molar refractivity (Wildman–Crippen MR) is 118 cm³/mol. The largest absolute Gasteiger partial charge is 0.484 e. The van der Waals surface area contributed by atoms with Crippen LogP contribution < -0.4 is 15.4 Å². The molecule has 1 atom stereocenters. The van der Waals surface area contributed by atoms with E-state index in [0.29, 0.717) is 17.7 Å². The summed E-state index contributed by atoms with van der Waals surface area (Å²) >= 11 is 0. The van der Waals surface area contributed by atoms with Crippen molar-refractivity contribution in [2.24, 2.45) is 0 Å². The number of carbonyl (C=O) groups excluding carboxylic acids is 4. The Balaban J connectivity index is 1.22. The number of fused-ring (bicyclic) bond motifs is 1. The number of hydrogen-bond acceptors (Lipinski definition) is 5. The zero-order valence-corrected chi connectivity index (χ0v) is 18.1. The van der Waals surface area contributed by atoms with Gasteiger partial charge in [0.15, 0.2) is 6.61 Å². The van der Waals surface area contributed by atoms with E-state index in [1.54, 1.807) is 18.2 Å². The molecular weight excluding hydrogens is 422 g/mol. The molecule has 3 aliphatic rings. The number of nitrogens with one attached hydrogen (secondary N) is 2. The highest BCUT2D eigenvalue weighted by Crippen LogP contribution is 2.41. The summed E-state index contributed by atoms with van der Waals surface area (Å²) in [6.45, 7) is 0.138. The first kappa shape index (κ1) is 21.2. The van der Waals surface area contributed by atoms with Crippen LogP contribution in [0.3, 0.4) is 0 Å². The molecule has 170 valence electrons. The molecule has 1 unspecified atom stereocenters. The highest BCUT2D eigenvalue weighted by atomic mass is 16.5. The van der Waals surface area contributed by atoms with Crippen molar-refractivity contribution in [2.45, 2.75) is 50.2 Å². The van der Waals surface area contributed by atoms with Crippen molar-refractivity contribution in [3.05, 3.63) is 65.2 Å². The Morgan fingerprint density at radius 3 is 2.61 bits per heavy atom. The second-order valence-corrected chi connectivity index (χ2v) is 8.86. The summed E-state index contributed by atoms with van der Waals surface area (Å²) in [5, 5.41) is 5.43. The van der Waals surface area contributed by atoms with E-state index in [4.69, 9.17) is 4.74 Å². The lowest BCUT2D eigenvalue weighted by Crippen LogP contribution is -2.52. The average Bonchev–Trinajstić information content (AvgIpc) is 3.11. The Bertz CT molecular complexity index is 1130. The summed E-state index contributed by atoms with van der Waals surface area (Å²) in [4.78, 5) is 50.5. The van der Waals surface area contributed by atoms with Gasteiger partial charge in [-0.2, -0.15) is 0 Å². The summed E-state index contributed by atoms with van der Waals surface area (Å²) in [6.07, 6.45) is 3.40. The molecule has 1 saturated heterocycles. The van der Waals surface area contributed by atoms with Gasteiger partial charge in [-0.25, -0.2) is 0 Å². The van der Waals surface area contributed by atoms with Gasteiger partial charge >= 0.3 is 0 Å². The van der Waals surface area contributed by atoms with E-state index in [-0.39, 0.29) is 42.8 Å². The molecule has 2 N–H and O–H groups in total. The molecule has 2 heterocycles. The standard InChI is InChI=1S/C25H25N3O5/c29-21-10-9-20(23(31)26-21)28-14-16-13-18(7-8-19(16)24(28)32)33-15-22(30)27-25(11-4-12-25)17-5-2-1-3-6-17/h1-3,5-8,13,20H,4,9-12,14-15H2,(H,27,30)(H,26,29,31). The van der Waals surface area contributed by atoms with E-state index in [9.17, 15) is 19.2 Å². The molecule has 0 radical (unpaired) electrons. The molecule has 2 aromatic carbocycles. The number of benzene rings is 2. The van der Waals surface area contributed by atoms with Gasteiger partial charge in [-0.15, -0.1) is 0 Å². The lowest BCUT2D eigenvalue weighted by Gasteiger charge is -2.43. The monoisotopic (exact) mass is 447 g/mol. The fourth-order valence-electron chi connectivity index (χ4n) is 4.87. The minimum absolute atomic E-state index is 0.127. The van der Waals surface area contributed by atoms with Crippen LogP contribution in [0, 0.1) is 0 Å². The van der Waals surface area contributed by atoms with Crippen LogP contribution >= 0.6 is 0 Å². The van der Waals surface area contributed by atoms with Gasteiger partial charge in [0.25, 0.3) is 11.8 Å². The normalized spacial score (nSPS) is 21.2. The van der Waals surface area contributed by atoms with Crippen molar-refractivity contribution in [3.8, 4) is 5.75 Å². The molecule has 4 amide bonds. The molecule has 2 aromatic rings.